The Morgan fingerprint density at radius 1 is 0.971 bits per heavy atom. The second-order valence-electron chi connectivity index (χ2n) is 10.1. The van der Waals surface area contributed by atoms with Crippen LogP contribution < -0.4 is 10.2 Å². The van der Waals surface area contributed by atoms with Gasteiger partial charge in [0, 0.05) is 18.3 Å². The lowest BCUT2D eigenvalue weighted by Gasteiger charge is -2.30. The predicted octanol–water partition coefficient (Wildman–Crippen LogP) is 6.76. The van der Waals surface area contributed by atoms with Gasteiger partial charge in [-0.1, -0.05) is 55.7 Å². The monoisotopic (exact) mass is 468 g/mol. The van der Waals surface area contributed by atoms with Crippen molar-refractivity contribution >= 4 is 17.7 Å². The molecular weight excluding hydrogens is 432 g/mol. The highest BCUT2D eigenvalue weighted by Gasteiger charge is 2.25. The normalized spacial score (nSPS) is 16.8. The first-order valence-electron chi connectivity index (χ1n) is 13.3. The van der Waals surface area contributed by atoms with E-state index in [1.807, 2.05) is 35.2 Å². The third kappa shape index (κ3) is 5.72. The number of rotatable bonds is 7. The molecule has 0 bridgehead atoms. The molecule has 5 rings (SSSR count). The Labute approximate surface area is 209 Å². The Bertz CT molecular complexity index is 1140. The number of aryl methyl sites for hydroxylation is 2. The lowest BCUT2D eigenvalue weighted by molar-refractivity contribution is 0.0979. The highest BCUT2D eigenvalue weighted by molar-refractivity contribution is 6.05. The van der Waals surface area contributed by atoms with E-state index in [9.17, 15) is 4.79 Å². The first-order valence-corrected chi connectivity index (χ1v) is 13.3. The van der Waals surface area contributed by atoms with Gasteiger partial charge in [-0.25, -0.2) is 4.98 Å². The number of anilines is 2. The average Bonchev–Trinajstić information content (AvgIpc) is 2.92. The van der Waals surface area contributed by atoms with Gasteiger partial charge in [0.25, 0.3) is 5.91 Å². The van der Waals surface area contributed by atoms with Crippen LogP contribution in [0.1, 0.15) is 85.0 Å². The van der Waals surface area contributed by atoms with E-state index in [1.165, 1.54) is 61.6 Å². The molecule has 1 heterocycles. The van der Waals surface area contributed by atoms with Crippen LogP contribution in [0.15, 0.2) is 60.8 Å². The summed E-state index contributed by atoms with van der Waals surface area (Å²) in [5.74, 6) is 1.78. The Morgan fingerprint density at radius 2 is 1.74 bits per heavy atom. The molecule has 3 aromatic rings. The summed E-state index contributed by atoms with van der Waals surface area (Å²) < 4.78 is 0. The topological polar surface area (TPSA) is 58.1 Å². The van der Waals surface area contributed by atoms with Gasteiger partial charge in [-0.05, 0) is 86.3 Å². The van der Waals surface area contributed by atoms with Crippen molar-refractivity contribution in [1.82, 2.24) is 9.97 Å². The van der Waals surface area contributed by atoms with Crippen molar-refractivity contribution in [2.24, 2.45) is 5.92 Å². The molecule has 0 unspecified atom stereocenters. The van der Waals surface area contributed by atoms with Crippen molar-refractivity contribution in [3.8, 4) is 0 Å². The van der Waals surface area contributed by atoms with E-state index < -0.39 is 0 Å². The molecule has 0 aliphatic heterocycles. The zero-order valence-electron chi connectivity index (χ0n) is 20.7. The average molecular weight is 469 g/mol. The fraction of sp³-hybridized carbons (Fsp3) is 0.433. The number of amides is 1. The summed E-state index contributed by atoms with van der Waals surface area (Å²) in [7, 11) is 0. The number of hydrogen-bond donors (Lipinski definition) is 1. The second-order valence-corrected chi connectivity index (χ2v) is 10.1. The highest BCUT2D eigenvalue weighted by atomic mass is 16.2. The zero-order valence-corrected chi connectivity index (χ0v) is 20.7. The number of nitrogens with zero attached hydrogens (tertiary/aromatic N) is 3. The summed E-state index contributed by atoms with van der Waals surface area (Å²) in [5.41, 5.74) is 4.68. The smallest absolute Gasteiger partial charge is 0.259 e. The molecule has 0 spiro atoms. The standard InChI is InChI=1S/C30H36N4O/c1-22(24-12-6-3-7-13-24)32-30-31-19-18-28(33-30)34(21-23-10-4-2-5-11-23)29(35)27-17-16-25-14-8-9-15-26(25)20-27/h3,6-7,12-13,16-20,22-23H,2,4-5,8-11,14-15,21H2,1H3,(H,31,32,33)/t22-/m0/s1. The fourth-order valence-electron chi connectivity index (χ4n) is 5.52. The summed E-state index contributed by atoms with van der Waals surface area (Å²) in [4.78, 5) is 25.1. The van der Waals surface area contributed by atoms with Crippen molar-refractivity contribution in [3.05, 3.63) is 83.0 Å². The maximum Gasteiger partial charge on any atom is 0.259 e. The zero-order chi connectivity index (χ0) is 24.0. The Morgan fingerprint density at radius 3 is 2.54 bits per heavy atom. The molecule has 182 valence electrons. The Kier molecular flexibility index (Phi) is 7.41. The van der Waals surface area contributed by atoms with Gasteiger partial charge < -0.3 is 5.32 Å². The highest BCUT2D eigenvalue weighted by Crippen LogP contribution is 2.29. The van der Waals surface area contributed by atoms with Crippen LogP contribution in [0.25, 0.3) is 0 Å². The maximum atomic E-state index is 13.9. The molecule has 1 fully saturated rings. The largest absolute Gasteiger partial charge is 0.348 e. The number of aromatic nitrogens is 2. The minimum atomic E-state index is 0.0460. The number of carbonyl (C=O) groups excluding carboxylic acids is 1. The summed E-state index contributed by atoms with van der Waals surface area (Å²) in [6.45, 7) is 2.81. The molecule has 35 heavy (non-hydrogen) atoms. The van der Waals surface area contributed by atoms with E-state index in [1.54, 1.807) is 6.20 Å². The summed E-state index contributed by atoms with van der Waals surface area (Å²) in [6.07, 6.45) is 12.5. The third-order valence-corrected chi connectivity index (χ3v) is 7.57. The minimum absolute atomic E-state index is 0.0460. The first kappa shape index (κ1) is 23.5. The van der Waals surface area contributed by atoms with Crippen LogP contribution in [0.4, 0.5) is 11.8 Å². The van der Waals surface area contributed by atoms with E-state index in [0.717, 1.165) is 18.4 Å². The van der Waals surface area contributed by atoms with Gasteiger partial charge in [-0.15, -0.1) is 0 Å². The van der Waals surface area contributed by atoms with Crippen LogP contribution in [0.5, 0.6) is 0 Å². The molecule has 0 radical (unpaired) electrons. The van der Waals surface area contributed by atoms with E-state index in [4.69, 9.17) is 4.98 Å². The van der Waals surface area contributed by atoms with Crippen molar-refractivity contribution < 1.29 is 4.79 Å². The molecule has 1 amide bonds. The molecule has 1 atom stereocenters. The van der Waals surface area contributed by atoms with Crippen LogP contribution in [0.3, 0.4) is 0 Å². The van der Waals surface area contributed by atoms with Gasteiger partial charge >= 0.3 is 0 Å². The number of nitrogens with one attached hydrogen (secondary N) is 1. The Balaban J connectivity index is 1.41. The number of benzene rings is 2. The van der Waals surface area contributed by atoms with E-state index in [0.29, 0.717) is 24.2 Å². The number of carbonyl (C=O) groups is 1. The van der Waals surface area contributed by atoms with Crippen molar-refractivity contribution in [1.29, 1.82) is 0 Å². The molecule has 2 aliphatic carbocycles. The quantitative estimate of drug-likeness (QED) is 0.416. The molecule has 0 saturated heterocycles. The van der Waals surface area contributed by atoms with Crippen molar-refractivity contribution in [3.63, 3.8) is 0 Å². The molecule has 2 aliphatic rings. The van der Waals surface area contributed by atoms with Crippen LogP contribution >= 0.6 is 0 Å². The SMILES string of the molecule is C[C@H](Nc1nccc(N(CC2CCCCC2)C(=O)c2ccc3c(c2)CCCC3)n1)c1ccccc1. The first-order chi connectivity index (χ1) is 17.2. The molecule has 5 nitrogen and oxygen atoms in total. The van der Waals surface area contributed by atoms with Gasteiger partial charge in [0.2, 0.25) is 5.95 Å². The summed E-state index contributed by atoms with van der Waals surface area (Å²) in [6, 6.07) is 18.5. The fourth-order valence-corrected chi connectivity index (χ4v) is 5.52. The van der Waals surface area contributed by atoms with Crippen LogP contribution in [0.2, 0.25) is 0 Å². The van der Waals surface area contributed by atoms with Gasteiger partial charge in [-0.2, -0.15) is 4.98 Å². The molecule has 1 aromatic heterocycles. The molecule has 1 saturated carbocycles. The predicted molar refractivity (Wildman–Crippen MR) is 142 cm³/mol. The molecule has 2 aromatic carbocycles. The molecular formula is C30H36N4O. The minimum Gasteiger partial charge on any atom is -0.348 e. The molecule has 5 heteroatoms. The third-order valence-electron chi connectivity index (χ3n) is 7.57. The van der Waals surface area contributed by atoms with Gasteiger partial charge in [0.1, 0.15) is 5.82 Å². The van der Waals surface area contributed by atoms with Gasteiger partial charge in [-0.3, -0.25) is 9.69 Å². The lowest BCUT2D eigenvalue weighted by atomic mass is 9.88. The van der Waals surface area contributed by atoms with Crippen molar-refractivity contribution in [2.45, 2.75) is 70.8 Å². The molecule has 1 N–H and O–H groups in total. The van der Waals surface area contributed by atoms with Crippen LogP contribution in [0, 0.1) is 5.92 Å². The second kappa shape index (κ2) is 11.0. The number of fused-ring (bicyclic) bond motifs is 1. The van der Waals surface area contributed by atoms with E-state index >= 15 is 0 Å². The number of hydrogen-bond acceptors (Lipinski definition) is 4. The van der Waals surface area contributed by atoms with Crippen LogP contribution in [-0.4, -0.2) is 22.4 Å². The summed E-state index contributed by atoms with van der Waals surface area (Å²) in [5, 5.41) is 3.42. The van der Waals surface area contributed by atoms with Gasteiger partial charge in [0.05, 0.1) is 6.04 Å². The van der Waals surface area contributed by atoms with Crippen LogP contribution in [-0.2, 0) is 12.8 Å². The van der Waals surface area contributed by atoms with Gasteiger partial charge in [0.15, 0.2) is 0 Å². The maximum absolute atomic E-state index is 13.9. The van der Waals surface area contributed by atoms with E-state index in [-0.39, 0.29) is 11.9 Å². The Hall–Kier alpha value is -3.21. The summed E-state index contributed by atoms with van der Waals surface area (Å²) >= 11 is 0. The van der Waals surface area contributed by atoms with Crippen molar-refractivity contribution in [2.75, 3.05) is 16.8 Å². The lowest BCUT2D eigenvalue weighted by Crippen LogP contribution is -2.37. The van der Waals surface area contributed by atoms with E-state index in [2.05, 4.69) is 41.5 Å².